The summed E-state index contributed by atoms with van der Waals surface area (Å²) in [5.74, 6) is -0.145. The Balaban J connectivity index is 2.96. The number of hydrogen-bond acceptors (Lipinski definition) is 2. The van der Waals surface area contributed by atoms with Crippen molar-refractivity contribution in [3.8, 4) is 0 Å². The van der Waals surface area contributed by atoms with Gasteiger partial charge in [-0.15, -0.1) is 0 Å². The fourth-order valence-electron chi connectivity index (χ4n) is 2.31. The molecule has 0 heterocycles. The van der Waals surface area contributed by atoms with E-state index in [1.807, 2.05) is 31.2 Å². The average Bonchev–Trinajstić information content (AvgIpc) is 2.43. The highest BCUT2D eigenvalue weighted by Gasteiger charge is 2.33. The smallest absolute Gasteiger partial charge is 0.194 e. The minimum atomic E-state index is -1.21. The third-order valence-electron chi connectivity index (χ3n) is 3.96. The van der Waals surface area contributed by atoms with E-state index in [0.29, 0.717) is 18.4 Å². The topological polar surface area (TPSA) is 37.3 Å². The first-order valence-electron chi connectivity index (χ1n) is 7.62. The maximum Gasteiger partial charge on any atom is 0.194 e. The molecule has 112 valence electrons. The molecule has 2 heteroatoms. The molecule has 1 aromatic carbocycles. The zero-order chi connectivity index (χ0) is 15.4. The second-order valence-electron chi connectivity index (χ2n) is 6.65. The summed E-state index contributed by atoms with van der Waals surface area (Å²) in [6.45, 7) is 10.4. The van der Waals surface area contributed by atoms with Crippen molar-refractivity contribution >= 4 is 5.78 Å². The zero-order valence-corrected chi connectivity index (χ0v) is 13.5. The van der Waals surface area contributed by atoms with E-state index >= 15 is 0 Å². The SMILES string of the molecule is CCCCC(O)(CC)C(=O)c1ccc(C(C)(C)C)cc1. The normalized spacial score (nSPS) is 14.9. The van der Waals surface area contributed by atoms with Crippen LogP contribution in [0, 0.1) is 0 Å². The lowest BCUT2D eigenvalue weighted by molar-refractivity contribution is 0.0240. The Bertz CT molecular complexity index is 439. The molecule has 0 aliphatic carbocycles. The van der Waals surface area contributed by atoms with Gasteiger partial charge in [-0.2, -0.15) is 0 Å². The monoisotopic (exact) mass is 276 g/mol. The molecule has 0 aliphatic rings. The minimum absolute atomic E-state index is 0.0743. The maximum atomic E-state index is 12.5. The molecular formula is C18H28O2. The fourth-order valence-corrected chi connectivity index (χ4v) is 2.31. The van der Waals surface area contributed by atoms with E-state index in [1.54, 1.807) is 0 Å². The molecule has 0 aromatic heterocycles. The van der Waals surface area contributed by atoms with Crippen molar-refractivity contribution in [3.63, 3.8) is 0 Å². The maximum absolute atomic E-state index is 12.5. The van der Waals surface area contributed by atoms with Crippen LogP contribution in [0.3, 0.4) is 0 Å². The second-order valence-corrected chi connectivity index (χ2v) is 6.65. The molecule has 1 atom stereocenters. The Hall–Kier alpha value is -1.15. The Morgan fingerprint density at radius 3 is 2.05 bits per heavy atom. The number of rotatable bonds is 6. The summed E-state index contributed by atoms with van der Waals surface area (Å²) in [5.41, 5.74) is 0.672. The Morgan fingerprint density at radius 1 is 1.10 bits per heavy atom. The Morgan fingerprint density at radius 2 is 1.65 bits per heavy atom. The van der Waals surface area contributed by atoms with Gasteiger partial charge in [0.2, 0.25) is 0 Å². The van der Waals surface area contributed by atoms with E-state index in [0.717, 1.165) is 12.8 Å². The summed E-state index contributed by atoms with van der Waals surface area (Å²) in [4.78, 5) is 12.5. The lowest BCUT2D eigenvalue weighted by atomic mass is 9.83. The number of unbranched alkanes of at least 4 members (excludes halogenated alkanes) is 1. The molecule has 0 saturated carbocycles. The van der Waals surface area contributed by atoms with Crippen LogP contribution < -0.4 is 0 Å². The Kier molecular flexibility index (Phi) is 5.52. The van der Waals surface area contributed by atoms with E-state index in [9.17, 15) is 9.90 Å². The largest absolute Gasteiger partial charge is 0.382 e. The van der Waals surface area contributed by atoms with Crippen LogP contribution in [0.5, 0.6) is 0 Å². The second kappa shape index (κ2) is 6.53. The molecule has 0 aliphatic heterocycles. The van der Waals surface area contributed by atoms with Crippen LogP contribution >= 0.6 is 0 Å². The highest BCUT2D eigenvalue weighted by Crippen LogP contribution is 2.26. The Labute approximate surface area is 123 Å². The highest BCUT2D eigenvalue weighted by atomic mass is 16.3. The van der Waals surface area contributed by atoms with E-state index in [1.165, 1.54) is 5.56 Å². The van der Waals surface area contributed by atoms with Gasteiger partial charge in [0.25, 0.3) is 0 Å². The van der Waals surface area contributed by atoms with Gasteiger partial charge < -0.3 is 5.11 Å². The van der Waals surface area contributed by atoms with Crippen LogP contribution in [0.2, 0.25) is 0 Å². The highest BCUT2D eigenvalue weighted by molar-refractivity contribution is 6.02. The molecule has 0 radical (unpaired) electrons. The fraction of sp³-hybridized carbons (Fsp3) is 0.611. The van der Waals surface area contributed by atoms with Crippen LogP contribution in [0.15, 0.2) is 24.3 Å². The molecule has 0 bridgehead atoms. The third kappa shape index (κ3) is 3.92. The first-order valence-corrected chi connectivity index (χ1v) is 7.62. The van der Waals surface area contributed by atoms with Gasteiger partial charge in [0.05, 0.1) is 0 Å². The van der Waals surface area contributed by atoms with Gasteiger partial charge in [0.1, 0.15) is 5.60 Å². The summed E-state index contributed by atoms with van der Waals surface area (Å²) in [5, 5.41) is 10.6. The lowest BCUT2D eigenvalue weighted by Crippen LogP contribution is -2.38. The van der Waals surface area contributed by atoms with Gasteiger partial charge in [0, 0.05) is 5.56 Å². The van der Waals surface area contributed by atoms with E-state index in [2.05, 4.69) is 27.7 Å². The first-order chi connectivity index (χ1) is 9.24. The molecule has 0 spiro atoms. The predicted molar refractivity (Wildman–Crippen MR) is 84.2 cm³/mol. The van der Waals surface area contributed by atoms with Gasteiger partial charge >= 0.3 is 0 Å². The van der Waals surface area contributed by atoms with Crippen LogP contribution in [-0.4, -0.2) is 16.5 Å². The van der Waals surface area contributed by atoms with Gasteiger partial charge in [0.15, 0.2) is 5.78 Å². The number of hydrogen-bond donors (Lipinski definition) is 1. The van der Waals surface area contributed by atoms with E-state index in [4.69, 9.17) is 0 Å². The molecule has 1 rings (SSSR count). The van der Waals surface area contributed by atoms with Gasteiger partial charge in [-0.1, -0.05) is 71.7 Å². The molecular weight excluding hydrogens is 248 g/mol. The van der Waals surface area contributed by atoms with Gasteiger partial charge in [-0.05, 0) is 23.8 Å². The number of benzene rings is 1. The summed E-state index contributed by atoms with van der Waals surface area (Å²) in [6, 6.07) is 7.66. The van der Waals surface area contributed by atoms with Crippen molar-refractivity contribution in [2.75, 3.05) is 0 Å². The number of aliphatic hydroxyl groups is 1. The minimum Gasteiger partial charge on any atom is -0.382 e. The van der Waals surface area contributed by atoms with Crippen LogP contribution in [0.25, 0.3) is 0 Å². The van der Waals surface area contributed by atoms with E-state index < -0.39 is 5.60 Å². The van der Waals surface area contributed by atoms with Crippen molar-refractivity contribution in [3.05, 3.63) is 35.4 Å². The number of carbonyl (C=O) groups is 1. The summed E-state index contributed by atoms with van der Waals surface area (Å²) in [6.07, 6.45) is 2.86. The molecule has 0 fully saturated rings. The molecule has 1 aromatic rings. The number of carbonyl (C=O) groups excluding carboxylic acids is 1. The number of ketones is 1. The standard InChI is InChI=1S/C18H28O2/c1-6-8-13-18(20,7-2)16(19)14-9-11-15(12-10-14)17(3,4)5/h9-12,20H,6-8,13H2,1-5H3. The van der Waals surface area contributed by atoms with E-state index in [-0.39, 0.29) is 11.2 Å². The van der Waals surface area contributed by atoms with Crippen molar-refractivity contribution in [1.29, 1.82) is 0 Å². The van der Waals surface area contributed by atoms with Gasteiger partial charge in [-0.25, -0.2) is 0 Å². The van der Waals surface area contributed by atoms with Crippen LogP contribution in [0.1, 0.15) is 76.2 Å². The van der Waals surface area contributed by atoms with Crippen LogP contribution in [0.4, 0.5) is 0 Å². The van der Waals surface area contributed by atoms with Crippen molar-refractivity contribution in [2.45, 2.75) is 71.3 Å². The molecule has 0 saturated heterocycles. The van der Waals surface area contributed by atoms with Crippen molar-refractivity contribution in [2.24, 2.45) is 0 Å². The number of Topliss-reactive ketones (excluding diaryl/α,β-unsaturated/α-hetero) is 1. The lowest BCUT2D eigenvalue weighted by Gasteiger charge is -2.26. The third-order valence-corrected chi connectivity index (χ3v) is 3.96. The molecule has 1 unspecified atom stereocenters. The quantitative estimate of drug-likeness (QED) is 0.777. The summed E-state index contributed by atoms with van der Waals surface area (Å²) in [7, 11) is 0. The summed E-state index contributed by atoms with van der Waals surface area (Å²) >= 11 is 0. The van der Waals surface area contributed by atoms with Gasteiger partial charge in [-0.3, -0.25) is 4.79 Å². The van der Waals surface area contributed by atoms with Crippen molar-refractivity contribution < 1.29 is 9.90 Å². The summed E-state index contributed by atoms with van der Waals surface area (Å²) < 4.78 is 0. The van der Waals surface area contributed by atoms with Crippen LogP contribution in [-0.2, 0) is 5.41 Å². The predicted octanol–water partition coefficient (Wildman–Crippen LogP) is 4.50. The molecule has 1 N–H and O–H groups in total. The molecule has 0 amide bonds. The zero-order valence-electron chi connectivity index (χ0n) is 13.5. The molecule has 20 heavy (non-hydrogen) atoms. The first kappa shape index (κ1) is 16.9. The molecule has 2 nitrogen and oxygen atoms in total. The van der Waals surface area contributed by atoms with Crippen molar-refractivity contribution in [1.82, 2.24) is 0 Å². The average molecular weight is 276 g/mol.